The molecule has 31 heavy (non-hydrogen) atoms. The van der Waals surface area contributed by atoms with E-state index in [9.17, 15) is 21.6 Å². The first-order valence-corrected chi connectivity index (χ1v) is 12.9. The number of nitrogens with zero attached hydrogens (tertiary/aromatic N) is 1. The fraction of sp³-hybridized carbons (Fsp3) is 0.421. The topological polar surface area (TPSA) is 126 Å². The maximum absolute atomic E-state index is 12.7. The molecule has 1 amide bonds. The Balaban J connectivity index is 2.39. The van der Waals surface area contributed by atoms with Gasteiger partial charge >= 0.3 is 0 Å². The first kappa shape index (κ1) is 25.3. The Bertz CT molecular complexity index is 1110. The monoisotopic (exact) mass is 490 g/mol. The van der Waals surface area contributed by atoms with Crippen LogP contribution in [-0.4, -0.2) is 39.4 Å². The number of halogens is 1. The summed E-state index contributed by atoms with van der Waals surface area (Å²) in [6.07, 6.45) is 2.25. The number of carbonyl (C=O) groups is 1. The third-order valence-corrected chi connectivity index (χ3v) is 7.86. The molecule has 0 saturated carbocycles. The Hall–Kier alpha value is -1.92. The molecular formula is C19H27ClN4O5S2. The smallest absolute Gasteiger partial charge is 0.244 e. The molecule has 0 atom stereocenters. The van der Waals surface area contributed by atoms with Gasteiger partial charge in [0.15, 0.2) is 0 Å². The number of amides is 1. The molecule has 1 aromatic heterocycles. The highest BCUT2D eigenvalue weighted by Gasteiger charge is 2.30. The first-order valence-electron chi connectivity index (χ1n) is 9.51. The molecule has 0 bridgehead atoms. The Morgan fingerprint density at radius 2 is 1.45 bits per heavy atom. The fourth-order valence-electron chi connectivity index (χ4n) is 2.75. The molecule has 9 nitrogen and oxygen atoms in total. The number of nitrogens with one attached hydrogen (secondary N) is 3. The van der Waals surface area contributed by atoms with E-state index < -0.39 is 47.8 Å². The maximum Gasteiger partial charge on any atom is 0.244 e. The molecule has 1 heterocycles. The first-order chi connectivity index (χ1) is 14.2. The molecular weight excluding hydrogens is 464 g/mol. The fourth-order valence-corrected chi connectivity index (χ4v) is 6.26. The number of sulfonamides is 2. The summed E-state index contributed by atoms with van der Waals surface area (Å²) >= 11 is 6.06. The molecule has 12 heteroatoms. The van der Waals surface area contributed by atoms with Gasteiger partial charge in [0.2, 0.25) is 26.0 Å². The van der Waals surface area contributed by atoms with Crippen molar-refractivity contribution in [1.82, 2.24) is 14.0 Å². The van der Waals surface area contributed by atoms with Crippen LogP contribution in [0.3, 0.4) is 0 Å². The van der Waals surface area contributed by atoms with Crippen LogP contribution in [0.5, 0.6) is 0 Å². The molecule has 2 rings (SSSR count). The molecule has 0 spiro atoms. The van der Waals surface area contributed by atoms with Crippen LogP contribution in [0.2, 0.25) is 5.02 Å². The van der Waals surface area contributed by atoms with Crippen molar-refractivity contribution in [3.63, 3.8) is 0 Å². The van der Waals surface area contributed by atoms with Gasteiger partial charge in [-0.25, -0.2) is 26.3 Å². The lowest BCUT2D eigenvalue weighted by Gasteiger charge is -2.12. The minimum absolute atomic E-state index is 0.299. The molecule has 0 aliphatic carbocycles. The highest BCUT2D eigenvalue weighted by atomic mass is 35.5. The number of aryl methyl sites for hydroxylation is 1. The van der Waals surface area contributed by atoms with Crippen molar-refractivity contribution in [1.29, 1.82) is 0 Å². The van der Waals surface area contributed by atoms with Gasteiger partial charge in [-0.05, 0) is 52.3 Å². The Labute approximate surface area is 188 Å². The summed E-state index contributed by atoms with van der Waals surface area (Å²) in [7, 11) is -8.27. The van der Waals surface area contributed by atoms with E-state index in [0.29, 0.717) is 10.7 Å². The molecule has 0 radical (unpaired) electrons. The lowest BCUT2D eigenvalue weighted by molar-refractivity contribution is -0.116. The summed E-state index contributed by atoms with van der Waals surface area (Å²) in [6, 6.07) is 4.13. The summed E-state index contributed by atoms with van der Waals surface area (Å²) in [5, 5.41) is 3.14. The standard InChI is InChI=1S/C19H27ClN4O5S2/c1-12(2)22-30(26,27)17-9-24(10-18(17)31(28,29)23-13(3)4)11-19(25)21-15-7-6-14(5)16(20)8-15/h6-10,12-13,22-23H,11H2,1-5H3,(H,21,25). The van der Waals surface area contributed by atoms with E-state index in [4.69, 9.17) is 11.6 Å². The maximum atomic E-state index is 12.7. The number of carbonyl (C=O) groups excluding carboxylic acids is 1. The van der Waals surface area contributed by atoms with E-state index in [1.54, 1.807) is 45.9 Å². The Kier molecular flexibility index (Phi) is 7.93. The predicted molar refractivity (Wildman–Crippen MR) is 120 cm³/mol. The summed E-state index contributed by atoms with van der Waals surface area (Å²) < 4.78 is 56.9. The number of anilines is 1. The van der Waals surface area contributed by atoms with Crippen LogP contribution in [0.1, 0.15) is 33.3 Å². The van der Waals surface area contributed by atoms with Gasteiger partial charge < -0.3 is 9.88 Å². The third kappa shape index (κ3) is 6.78. The Morgan fingerprint density at radius 3 is 1.87 bits per heavy atom. The van der Waals surface area contributed by atoms with Gasteiger partial charge in [-0.15, -0.1) is 0 Å². The molecule has 1 aromatic carbocycles. The zero-order chi connectivity index (χ0) is 23.6. The molecule has 2 aromatic rings. The SMILES string of the molecule is Cc1ccc(NC(=O)Cn2cc(S(=O)(=O)NC(C)C)c(S(=O)(=O)NC(C)C)c2)cc1Cl. The molecule has 0 aliphatic rings. The number of hydrogen-bond acceptors (Lipinski definition) is 5. The third-order valence-electron chi connectivity index (χ3n) is 3.95. The van der Waals surface area contributed by atoms with Crippen LogP contribution in [-0.2, 0) is 31.4 Å². The van der Waals surface area contributed by atoms with Crippen LogP contribution >= 0.6 is 11.6 Å². The van der Waals surface area contributed by atoms with Crippen molar-refractivity contribution >= 4 is 43.2 Å². The summed E-state index contributed by atoms with van der Waals surface area (Å²) in [4.78, 5) is 11.6. The molecule has 0 unspecified atom stereocenters. The number of rotatable bonds is 9. The van der Waals surface area contributed by atoms with E-state index in [0.717, 1.165) is 18.0 Å². The number of hydrogen-bond donors (Lipinski definition) is 3. The van der Waals surface area contributed by atoms with E-state index in [1.165, 1.54) is 4.57 Å². The lowest BCUT2D eigenvalue weighted by Crippen LogP contribution is -2.34. The molecule has 0 saturated heterocycles. The minimum Gasteiger partial charge on any atom is -0.342 e. The van der Waals surface area contributed by atoms with Crippen LogP contribution in [0, 0.1) is 6.92 Å². The van der Waals surface area contributed by atoms with E-state index in [-0.39, 0.29) is 6.54 Å². The minimum atomic E-state index is -4.13. The van der Waals surface area contributed by atoms with E-state index in [2.05, 4.69) is 14.8 Å². The average Bonchev–Trinajstić information content (AvgIpc) is 3.01. The van der Waals surface area contributed by atoms with Crippen molar-refractivity contribution in [3.8, 4) is 0 Å². The Morgan fingerprint density at radius 1 is 0.968 bits per heavy atom. The van der Waals surface area contributed by atoms with Crippen molar-refractivity contribution < 1.29 is 21.6 Å². The largest absolute Gasteiger partial charge is 0.342 e. The quantitative estimate of drug-likeness (QED) is 0.497. The predicted octanol–water partition coefficient (Wildman–Crippen LogP) is 2.46. The van der Waals surface area contributed by atoms with Crippen molar-refractivity contribution in [3.05, 3.63) is 41.2 Å². The zero-order valence-corrected chi connectivity index (χ0v) is 20.3. The van der Waals surface area contributed by atoms with Gasteiger partial charge in [0.25, 0.3) is 0 Å². The highest BCUT2D eigenvalue weighted by molar-refractivity contribution is 7.92. The van der Waals surface area contributed by atoms with Crippen LogP contribution in [0.25, 0.3) is 0 Å². The molecule has 0 fully saturated rings. The van der Waals surface area contributed by atoms with Crippen molar-refractivity contribution in [2.45, 2.75) is 63.0 Å². The molecule has 172 valence electrons. The van der Waals surface area contributed by atoms with Gasteiger partial charge in [-0.2, -0.15) is 0 Å². The average molecular weight is 491 g/mol. The zero-order valence-electron chi connectivity index (χ0n) is 17.9. The number of benzene rings is 1. The summed E-state index contributed by atoms with van der Waals surface area (Å²) in [5.41, 5.74) is 1.32. The van der Waals surface area contributed by atoms with E-state index in [1.807, 2.05) is 6.92 Å². The second kappa shape index (κ2) is 9.70. The van der Waals surface area contributed by atoms with Crippen LogP contribution < -0.4 is 14.8 Å². The highest BCUT2D eigenvalue weighted by Crippen LogP contribution is 2.24. The molecule has 0 aliphatic heterocycles. The normalized spacial score (nSPS) is 12.5. The van der Waals surface area contributed by atoms with Gasteiger partial charge in [0, 0.05) is 35.2 Å². The van der Waals surface area contributed by atoms with Crippen molar-refractivity contribution in [2.75, 3.05) is 5.32 Å². The second-order valence-corrected chi connectivity index (χ2v) is 11.5. The van der Waals surface area contributed by atoms with E-state index >= 15 is 0 Å². The van der Waals surface area contributed by atoms with Gasteiger partial charge in [-0.1, -0.05) is 17.7 Å². The second-order valence-electron chi connectivity index (χ2n) is 7.72. The molecule has 3 N–H and O–H groups in total. The van der Waals surface area contributed by atoms with Crippen molar-refractivity contribution in [2.24, 2.45) is 0 Å². The van der Waals surface area contributed by atoms with Crippen LogP contribution in [0.4, 0.5) is 5.69 Å². The van der Waals surface area contributed by atoms with Gasteiger partial charge in [-0.3, -0.25) is 4.79 Å². The van der Waals surface area contributed by atoms with Gasteiger partial charge in [0.05, 0.1) is 0 Å². The summed E-state index contributed by atoms with van der Waals surface area (Å²) in [6.45, 7) is 8.01. The summed E-state index contributed by atoms with van der Waals surface area (Å²) in [5.74, 6) is -0.476. The lowest BCUT2D eigenvalue weighted by atomic mass is 10.2. The number of aromatic nitrogens is 1. The van der Waals surface area contributed by atoms with Crippen LogP contribution in [0.15, 0.2) is 40.4 Å². The van der Waals surface area contributed by atoms with Gasteiger partial charge in [0.1, 0.15) is 16.3 Å².